The summed E-state index contributed by atoms with van der Waals surface area (Å²) in [5, 5.41) is 10.2. The summed E-state index contributed by atoms with van der Waals surface area (Å²) < 4.78 is 25.2. The van der Waals surface area contributed by atoms with Gasteiger partial charge in [0.15, 0.2) is 0 Å². The van der Waals surface area contributed by atoms with Gasteiger partial charge in [-0.25, -0.2) is 8.78 Å². The monoisotopic (exact) mass is 262 g/mol. The Hall–Kier alpha value is -1.74. The van der Waals surface area contributed by atoms with E-state index in [-0.39, 0.29) is 5.56 Å². The van der Waals surface area contributed by atoms with E-state index in [0.29, 0.717) is 12.0 Å². The Morgan fingerprint density at radius 1 is 1.00 bits per heavy atom. The van der Waals surface area contributed by atoms with Crippen LogP contribution in [0.5, 0.6) is 0 Å². The molecule has 1 atom stereocenters. The summed E-state index contributed by atoms with van der Waals surface area (Å²) in [5.74, 6) is 0. The molecular formula is C16H16F2O. The van der Waals surface area contributed by atoms with Gasteiger partial charge in [-0.2, -0.15) is 0 Å². The molecule has 0 aliphatic heterocycles. The smallest absolute Gasteiger partial charge is 0.263 e. The van der Waals surface area contributed by atoms with Crippen molar-refractivity contribution in [3.8, 4) is 0 Å². The summed E-state index contributed by atoms with van der Waals surface area (Å²) in [6, 6.07) is 13.7. The molecule has 1 N–H and O–H groups in total. The van der Waals surface area contributed by atoms with Crippen molar-refractivity contribution in [2.45, 2.75) is 25.9 Å². The van der Waals surface area contributed by atoms with Gasteiger partial charge in [0.05, 0.1) is 6.10 Å². The van der Waals surface area contributed by atoms with Gasteiger partial charge in [-0.1, -0.05) is 42.5 Å². The molecule has 19 heavy (non-hydrogen) atoms. The number of aliphatic hydroxyl groups is 1. The Labute approximate surface area is 111 Å². The number of hydrogen-bond donors (Lipinski definition) is 1. The van der Waals surface area contributed by atoms with E-state index < -0.39 is 12.5 Å². The predicted octanol–water partition coefficient (Wildman–Crippen LogP) is 4.21. The molecule has 1 unspecified atom stereocenters. The summed E-state index contributed by atoms with van der Waals surface area (Å²) in [6.07, 6.45) is -2.84. The molecule has 0 radical (unpaired) electrons. The third kappa shape index (κ3) is 3.38. The van der Waals surface area contributed by atoms with E-state index in [1.165, 1.54) is 12.1 Å². The van der Waals surface area contributed by atoms with Crippen molar-refractivity contribution in [1.29, 1.82) is 0 Å². The molecule has 2 rings (SSSR count). The zero-order chi connectivity index (χ0) is 13.8. The summed E-state index contributed by atoms with van der Waals surface area (Å²) >= 11 is 0. The molecule has 2 aromatic rings. The number of aliphatic hydroxyl groups excluding tert-OH is 1. The Kier molecular flexibility index (Phi) is 4.27. The molecule has 100 valence electrons. The highest BCUT2D eigenvalue weighted by molar-refractivity contribution is 5.30. The zero-order valence-electron chi connectivity index (χ0n) is 10.7. The summed E-state index contributed by atoms with van der Waals surface area (Å²) in [4.78, 5) is 0. The average molecular weight is 262 g/mol. The van der Waals surface area contributed by atoms with E-state index in [0.717, 1.165) is 11.1 Å². The first kappa shape index (κ1) is 13.7. The molecule has 1 nitrogen and oxygen atoms in total. The lowest BCUT2D eigenvalue weighted by atomic mass is 9.97. The lowest BCUT2D eigenvalue weighted by molar-refractivity contribution is 0.149. The summed E-state index contributed by atoms with van der Waals surface area (Å²) in [7, 11) is 0. The Morgan fingerprint density at radius 3 is 2.37 bits per heavy atom. The van der Waals surface area contributed by atoms with Gasteiger partial charge in [0.1, 0.15) is 0 Å². The topological polar surface area (TPSA) is 20.2 Å². The molecular weight excluding hydrogens is 246 g/mol. The molecule has 0 heterocycles. The molecule has 0 bridgehead atoms. The first-order valence-electron chi connectivity index (χ1n) is 6.18. The first-order valence-corrected chi connectivity index (χ1v) is 6.18. The van der Waals surface area contributed by atoms with Gasteiger partial charge in [0.25, 0.3) is 6.43 Å². The van der Waals surface area contributed by atoms with Gasteiger partial charge >= 0.3 is 0 Å². The van der Waals surface area contributed by atoms with Crippen LogP contribution in [0.1, 0.15) is 34.8 Å². The molecule has 2 aromatic carbocycles. The number of alkyl halides is 2. The van der Waals surface area contributed by atoms with Gasteiger partial charge in [-0.05, 0) is 29.7 Å². The first-order chi connectivity index (χ1) is 9.08. The van der Waals surface area contributed by atoms with Crippen molar-refractivity contribution in [1.82, 2.24) is 0 Å². The minimum atomic E-state index is -2.51. The van der Waals surface area contributed by atoms with E-state index in [2.05, 4.69) is 0 Å². The van der Waals surface area contributed by atoms with Crippen LogP contribution in [0.4, 0.5) is 8.78 Å². The molecule has 0 amide bonds. The molecule has 3 heteroatoms. The van der Waals surface area contributed by atoms with Crippen molar-refractivity contribution >= 4 is 0 Å². The lowest BCUT2D eigenvalue weighted by Gasteiger charge is -2.14. The van der Waals surface area contributed by atoms with E-state index in [9.17, 15) is 13.9 Å². The van der Waals surface area contributed by atoms with Crippen LogP contribution in [0.25, 0.3) is 0 Å². The summed E-state index contributed by atoms with van der Waals surface area (Å²) in [5.41, 5.74) is 2.59. The maximum Gasteiger partial charge on any atom is 0.263 e. The largest absolute Gasteiger partial charge is 0.388 e. The van der Waals surface area contributed by atoms with Gasteiger partial charge in [0.2, 0.25) is 0 Å². The molecule has 0 fully saturated rings. The molecule has 0 aromatic heterocycles. The van der Waals surface area contributed by atoms with Gasteiger partial charge in [-0.15, -0.1) is 0 Å². The van der Waals surface area contributed by atoms with Crippen molar-refractivity contribution in [3.05, 3.63) is 70.8 Å². The number of hydrogen-bond acceptors (Lipinski definition) is 1. The van der Waals surface area contributed by atoms with Crippen molar-refractivity contribution in [2.24, 2.45) is 0 Å². The van der Waals surface area contributed by atoms with Crippen molar-refractivity contribution in [2.75, 3.05) is 0 Å². The van der Waals surface area contributed by atoms with Gasteiger partial charge < -0.3 is 5.11 Å². The van der Waals surface area contributed by atoms with Gasteiger partial charge in [-0.3, -0.25) is 0 Å². The highest BCUT2D eigenvalue weighted by Crippen LogP contribution is 2.25. The molecule has 0 aliphatic carbocycles. The second-order valence-corrected chi connectivity index (χ2v) is 4.62. The maximum atomic E-state index is 12.6. The van der Waals surface area contributed by atoms with Crippen molar-refractivity contribution in [3.63, 3.8) is 0 Å². The molecule has 0 aliphatic rings. The highest BCUT2D eigenvalue weighted by atomic mass is 19.3. The van der Waals surface area contributed by atoms with Crippen LogP contribution in [0.15, 0.2) is 48.5 Å². The Bertz CT molecular complexity index is 552. The van der Waals surface area contributed by atoms with Gasteiger partial charge in [0, 0.05) is 12.0 Å². The number of aryl methyl sites for hydroxylation is 1. The number of halogens is 2. The number of rotatable bonds is 4. The van der Waals surface area contributed by atoms with Crippen LogP contribution in [-0.2, 0) is 6.42 Å². The maximum absolute atomic E-state index is 12.6. The van der Waals surface area contributed by atoms with E-state index >= 15 is 0 Å². The minimum absolute atomic E-state index is 0.0543. The molecule has 0 saturated heterocycles. The number of benzene rings is 2. The van der Waals surface area contributed by atoms with Crippen LogP contribution in [-0.4, -0.2) is 5.11 Å². The molecule has 0 saturated carbocycles. The average Bonchev–Trinajstić information content (AvgIpc) is 2.41. The Morgan fingerprint density at radius 2 is 1.68 bits per heavy atom. The summed E-state index contributed by atoms with van der Waals surface area (Å²) in [6.45, 7) is 1.97. The SMILES string of the molecule is Cc1ccccc1CC(O)c1cccc(C(F)F)c1. The fourth-order valence-electron chi connectivity index (χ4n) is 2.07. The zero-order valence-corrected chi connectivity index (χ0v) is 10.7. The Balaban J connectivity index is 2.18. The van der Waals surface area contributed by atoms with Crippen molar-refractivity contribution < 1.29 is 13.9 Å². The molecule has 0 spiro atoms. The van der Waals surface area contributed by atoms with Crippen LogP contribution >= 0.6 is 0 Å². The third-order valence-corrected chi connectivity index (χ3v) is 3.22. The van der Waals surface area contributed by atoms with Crippen LogP contribution < -0.4 is 0 Å². The minimum Gasteiger partial charge on any atom is -0.388 e. The van der Waals surface area contributed by atoms with Crippen LogP contribution in [0, 0.1) is 6.92 Å². The van der Waals surface area contributed by atoms with Crippen LogP contribution in [0.2, 0.25) is 0 Å². The third-order valence-electron chi connectivity index (χ3n) is 3.22. The lowest BCUT2D eigenvalue weighted by Crippen LogP contribution is -2.03. The fourth-order valence-corrected chi connectivity index (χ4v) is 2.07. The highest BCUT2D eigenvalue weighted by Gasteiger charge is 2.13. The van der Waals surface area contributed by atoms with E-state index in [1.54, 1.807) is 12.1 Å². The second-order valence-electron chi connectivity index (χ2n) is 4.62. The van der Waals surface area contributed by atoms with Crippen LogP contribution in [0.3, 0.4) is 0 Å². The predicted molar refractivity (Wildman–Crippen MR) is 71.2 cm³/mol. The van der Waals surface area contributed by atoms with E-state index in [4.69, 9.17) is 0 Å². The second kappa shape index (κ2) is 5.93. The quantitative estimate of drug-likeness (QED) is 0.875. The fraction of sp³-hybridized carbons (Fsp3) is 0.250. The van der Waals surface area contributed by atoms with E-state index in [1.807, 2.05) is 31.2 Å². The normalized spacial score (nSPS) is 12.7. The standard InChI is InChI=1S/C16H16F2O/c1-11-5-2-3-6-12(11)10-15(19)13-7-4-8-14(9-13)16(17)18/h2-9,15-16,19H,10H2,1H3.